The highest BCUT2D eigenvalue weighted by molar-refractivity contribution is 5.88. The van der Waals surface area contributed by atoms with E-state index < -0.39 is 0 Å². The molecule has 1 amide bonds. The third-order valence-electron chi connectivity index (χ3n) is 5.57. The van der Waals surface area contributed by atoms with Crippen molar-refractivity contribution < 1.29 is 14.3 Å². The van der Waals surface area contributed by atoms with E-state index in [-0.39, 0.29) is 5.91 Å². The fraction of sp³-hybridized carbons (Fsp3) is 0.500. The van der Waals surface area contributed by atoms with Crippen LogP contribution in [-0.2, 0) is 17.9 Å². The summed E-state index contributed by atoms with van der Waals surface area (Å²) in [5.41, 5.74) is 3.27. The number of anilines is 1. The molecular formula is C26H39N3O3. The number of hydrogen-bond donors (Lipinski definition) is 1. The molecular weight excluding hydrogens is 402 g/mol. The number of nitrogens with one attached hydrogen (secondary N) is 1. The van der Waals surface area contributed by atoms with E-state index in [1.807, 2.05) is 24.3 Å². The Morgan fingerprint density at radius 1 is 0.938 bits per heavy atom. The first-order chi connectivity index (χ1) is 15.5. The smallest absolute Gasteiger partial charge is 0.221 e. The Bertz CT molecular complexity index is 824. The van der Waals surface area contributed by atoms with Crippen molar-refractivity contribution in [3.8, 4) is 11.5 Å². The summed E-state index contributed by atoms with van der Waals surface area (Å²) in [6, 6.07) is 14.2. The Kier molecular flexibility index (Phi) is 11.0. The Hall–Kier alpha value is -2.57. The first-order valence-electron chi connectivity index (χ1n) is 11.4. The van der Waals surface area contributed by atoms with Gasteiger partial charge in [-0.15, -0.1) is 0 Å². The molecule has 0 atom stereocenters. The van der Waals surface area contributed by atoms with Gasteiger partial charge in [0.25, 0.3) is 0 Å². The lowest BCUT2D eigenvalue weighted by molar-refractivity contribution is -0.114. The minimum atomic E-state index is -0.0405. The van der Waals surface area contributed by atoms with Crippen LogP contribution in [0.4, 0.5) is 5.69 Å². The minimum absolute atomic E-state index is 0.0405. The van der Waals surface area contributed by atoms with Crippen molar-refractivity contribution in [2.75, 3.05) is 46.2 Å². The van der Waals surface area contributed by atoms with Crippen LogP contribution in [0.2, 0.25) is 0 Å². The lowest BCUT2D eigenvalue weighted by atomic mass is 10.1. The molecule has 0 radical (unpaired) electrons. The van der Waals surface area contributed by atoms with Crippen molar-refractivity contribution in [1.29, 1.82) is 0 Å². The molecule has 0 saturated heterocycles. The molecule has 6 nitrogen and oxygen atoms in total. The zero-order valence-corrected chi connectivity index (χ0v) is 20.3. The summed E-state index contributed by atoms with van der Waals surface area (Å²) in [6.45, 7) is 8.70. The molecule has 0 saturated carbocycles. The number of benzene rings is 2. The number of carbonyl (C=O) groups excluding carboxylic acids is 1. The van der Waals surface area contributed by atoms with E-state index in [9.17, 15) is 4.79 Å². The maximum atomic E-state index is 11.1. The van der Waals surface area contributed by atoms with Crippen LogP contribution >= 0.6 is 0 Å². The zero-order valence-electron chi connectivity index (χ0n) is 20.3. The molecule has 0 spiro atoms. The molecule has 2 rings (SSSR count). The van der Waals surface area contributed by atoms with Crippen LogP contribution in [0.15, 0.2) is 42.5 Å². The van der Waals surface area contributed by atoms with Crippen LogP contribution in [0.3, 0.4) is 0 Å². The van der Waals surface area contributed by atoms with Gasteiger partial charge in [0.05, 0.1) is 14.2 Å². The predicted molar refractivity (Wildman–Crippen MR) is 131 cm³/mol. The molecule has 0 bridgehead atoms. The highest BCUT2D eigenvalue weighted by Gasteiger charge is 2.11. The highest BCUT2D eigenvalue weighted by Crippen LogP contribution is 2.31. The maximum absolute atomic E-state index is 11.1. The van der Waals surface area contributed by atoms with Gasteiger partial charge in [0.15, 0.2) is 11.5 Å². The summed E-state index contributed by atoms with van der Waals surface area (Å²) in [6.07, 6.45) is 3.57. The van der Waals surface area contributed by atoms with E-state index >= 15 is 0 Å². The molecule has 1 N–H and O–H groups in total. The van der Waals surface area contributed by atoms with Crippen molar-refractivity contribution in [3.63, 3.8) is 0 Å². The van der Waals surface area contributed by atoms with Gasteiger partial charge in [0, 0.05) is 31.3 Å². The van der Waals surface area contributed by atoms with Crippen LogP contribution in [0.5, 0.6) is 11.5 Å². The molecule has 0 fully saturated rings. The molecule has 2 aromatic rings. The third-order valence-corrected chi connectivity index (χ3v) is 5.57. The van der Waals surface area contributed by atoms with Gasteiger partial charge in [-0.25, -0.2) is 0 Å². The molecule has 0 aliphatic carbocycles. The van der Waals surface area contributed by atoms with Gasteiger partial charge in [0.1, 0.15) is 0 Å². The molecule has 0 unspecified atom stereocenters. The van der Waals surface area contributed by atoms with Crippen LogP contribution in [0.25, 0.3) is 0 Å². The fourth-order valence-electron chi connectivity index (χ4n) is 3.85. The van der Waals surface area contributed by atoms with E-state index in [1.165, 1.54) is 31.7 Å². The summed E-state index contributed by atoms with van der Waals surface area (Å²) in [7, 11) is 5.52. The first kappa shape index (κ1) is 25.7. The molecule has 0 aliphatic heterocycles. The fourth-order valence-corrected chi connectivity index (χ4v) is 3.85. The van der Waals surface area contributed by atoms with E-state index in [0.29, 0.717) is 0 Å². The Morgan fingerprint density at radius 3 is 2.28 bits per heavy atom. The average Bonchev–Trinajstić information content (AvgIpc) is 2.78. The van der Waals surface area contributed by atoms with Gasteiger partial charge in [-0.05, 0) is 63.3 Å². The van der Waals surface area contributed by atoms with E-state index in [0.717, 1.165) is 55.5 Å². The third kappa shape index (κ3) is 8.52. The second-order valence-corrected chi connectivity index (χ2v) is 8.20. The van der Waals surface area contributed by atoms with Gasteiger partial charge in [-0.2, -0.15) is 0 Å². The molecule has 0 aliphatic rings. The van der Waals surface area contributed by atoms with Crippen molar-refractivity contribution in [1.82, 2.24) is 9.80 Å². The van der Waals surface area contributed by atoms with Crippen LogP contribution in [0, 0.1) is 0 Å². The Labute approximate surface area is 193 Å². The Morgan fingerprint density at radius 2 is 1.66 bits per heavy atom. The van der Waals surface area contributed by atoms with Crippen LogP contribution in [-0.4, -0.2) is 56.6 Å². The summed E-state index contributed by atoms with van der Waals surface area (Å²) >= 11 is 0. The quantitative estimate of drug-likeness (QED) is 0.427. The number of unbranched alkanes of at least 4 members (excludes halogenated alkanes) is 2. The number of hydrogen-bond acceptors (Lipinski definition) is 5. The number of amides is 1. The second kappa shape index (κ2) is 13.8. The van der Waals surface area contributed by atoms with Crippen molar-refractivity contribution in [2.24, 2.45) is 0 Å². The maximum Gasteiger partial charge on any atom is 0.221 e. The van der Waals surface area contributed by atoms with Crippen LogP contribution < -0.4 is 14.8 Å². The van der Waals surface area contributed by atoms with Gasteiger partial charge in [-0.1, -0.05) is 37.6 Å². The van der Waals surface area contributed by atoms with Gasteiger partial charge >= 0.3 is 0 Å². The van der Waals surface area contributed by atoms with Crippen LogP contribution in [0.1, 0.15) is 44.2 Å². The van der Waals surface area contributed by atoms with Gasteiger partial charge < -0.3 is 19.7 Å². The molecule has 6 heteroatoms. The van der Waals surface area contributed by atoms with E-state index in [1.54, 1.807) is 14.2 Å². The summed E-state index contributed by atoms with van der Waals surface area (Å²) in [4.78, 5) is 16.0. The minimum Gasteiger partial charge on any atom is -0.493 e. The van der Waals surface area contributed by atoms with Crippen molar-refractivity contribution in [2.45, 2.75) is 46.2 Å². The van der Waals surface area contributed by atoms with Gasteiger partial charge in [-0.3, -0.25) is 9.69 Å². The number of ether oxygens (including phenoxy) is 2. The first-order valence-corrected chi connectivity index (χ1v) is 11.4. The molecule has 0 heterocycles. The molecule has 176 valence electrons. The molecule has 32 heavy (non-hydrogen) atoms. The Balaban J connectivity index is 1.70. The summed E-state index contributed by atoms with van der Waals surface area (Å²) < 4.78 is 10.9. The standard InChI is InChI=1S/C26H39N3O3/c1-6-29(19-22-13-15-24(16-14-22)27-21(2)30)18-9-7-8-17-28(3)20-23-11-10-12-25(31-4)26(23)32-5/h10-16H,6-9,17-20H2,1-5H3,(H,27,30). The average molecular weight is 442 g/mol. The van der Waals surface area contributed by atoms with E-state index in [4.69, 9.17) is 9.47 Å². The monoisotopic (exact) mass is 441 g/mol. The van der Waals surface area contributed by atoms with Crippen molar-refractivity contribution >= 4 is 11.6 Å². The topological polar surface area (TPSA) is 54.0 Å². The highest BCUT2D eigenvalue weighted by atomic mass is 16.5. The van der Waals surface area contributed by atoms with Gasteiger partial charge in [0.2, 0.25) is 5.91 Å². The largest absolute Gasteiger partial charge is 0.493 e. The van der Waals surface area contributed by atoms with Crippen molar-refractivity contribution in [3.05, 3.63) is 53.6 Å². The molecule has 2 aromatic carbocycles. The lowest BCUT2D eigenvalue weighted by Gasteiger charge is -2.22. The second-order valence-electron chi connectivity index (χ2n) is 8.20. The lowest BCUT2D eigenvalue weighted by Crippen LogP contribution is -2.24. The summed E-state index contributed by atoms with van der Waals surface area (Å²) in [5.74, 6) is 1.56. The number of methoxy groups -OCH3 is 2. The number of rotatable bonds is 14. The van der Waals surface area contributed by atoms with E-state index in [2.05, 4.69) is 47.3 Å². The number of carbonyl (C=O) groups is 1. The predicted octanol–water partition coefficient (Wildman–Crippen LogP) is 4.79. The number of nitrogens with zero attached hydrogens (tertiary/aromatic N) is 2. The zero-order chi connectivity index (χ0) is 23.3. The SMILES string of the molecule is CCN(CCCCCN(C)Cc1cccc(OC)c1OC)Cc1ccc(NC(C)=O)cc1. The molecule has 0 aromatic heterocycles. The normalized spacial score (nSPS) is 11.1. The number of para-hydroxylation sites is 1. The summed E-state index contributed by atoms with van der Waals surface area (Å²) in [5, 5.41) is 2.81.